The van der Waals surface area contributed by atoms with E-state index in [-0.39, 0.29) is 35.6 Å². The van der Waals surface area contributed by atoms with Crippen LogP contribution in [0.4, 0.5) is 14.4 Å². The fraction of sp³-hybridized carbons (Fsp3) is 0. The van der Waals surface area contributed by atoms with Crippen LogP contribution in [0.3, 0.4) is 0 Å². The summed E-state index contributed by atoms with van der Waals surface area (Å²) in [5.74, 6) is 0. The van der Waals surface area contributed by atoms with Gasteiger partial charge in [0.2, 0.25) is 0 Å². The summed E-state index contributed by atoms with van der Waals surface area (Å²) in [6, 6.07) is 0. The number of carboxylic acid groups (broad SMARTS) is 3. The van der Waals surface area contributed by atoms with Gasteiger partial charge in [0.15, 0.2) is 0 Å². The van der Waals surface area contributed by atoms with Crippen molar-refractivity contribution in [3.63, 3.8) is 0 Å². The molecule has 0 aromatic heterocycles. The van der Waals surface area contributed by atoms with Gasteiger partial charge in [-0.05, 0) is 0 Å². The van der Waals surface area contributed by atoms with Gasteiger partial charge in [-0.15, -0.1) is 0 Å². The van der Waals surface area contributed by atoms with Crippen LogP contribution in [0.25, 0.3) is 0 Å². The van der Waals surface area contributed by atoms with Crippen molar-refractivity contribution in [3.8, 4) is 0 Å². The van der Waals surface area contributed by atoms with Gasteiger partial charge in [-0.25, -0.2) is 0 Å². The molecule has 90 valence electrons. The second-order valence-electron chi connectivity index (χ2n) is 1.02. The third-order valence-corrected chi connectivity index (χ3v) is 0.224. The molecule has 0 rings (SSSR count). The molecular formula is C3H3LaO12. The van der Waals surface area contributed by atoms with Gasteiger partial charge < -0.3 is 44.4 Å². The molecule has 0 saturated heterocycles. The van der Waals surface area contributed by atoms with Gasteiger partial charge in [-0.2, -0.15) is 0 Å². The zero-order valence-electron chi connectivity index (χ0n) is 7.09. The molecule has 0 aliphatic heterocycles. The Morgan fingerprint density at radius 3 is 0.750 bits per heavy atom. The van der Waals surface area contributed by atoms with Crippen LogP contribution in [0, 0.1) is 35.6 Å². The topological polar surface area (TPSA) is 209 Å². The van der Waals surface area contributed by atoms with Crippen molar-refractivity contribution in [1.82, 2.24) is 0 Å². The maximum absolute atomic E-state index is 8.78. The number of carbonyl (C=O) groups is 3. The average Bonchev–Trinajstić information content (AvgIpc) is 2.19. The summed E-state index contributed by atoms with van der Waals surface area (Å²) in [5.41, 5.74) is 0. The maximum Gasteiger partial charge on any atom is 3.00 e. The fourth-order valence-electron chi connectivity index (χ4n) is 0. The van der Waals surface area contributed by atoms with Crippen molar-refractivity contribution in [3.05, 3.63) is 0 Å². The van der Waals surface area contributed by atoms with E-state index in [1.54, 1.807) is 0 Å². The predicted molar refractivity (Wildman–Crippen MR) is 27.3 cm³/mol. The first-order chi connectivity index (χ1) is 6.81. The largest absolute Gasteiger partial charge is 3.00 e. The van der Waals surface area contributed by atoms with E-state index in [9.17, 15) is 0 Å². The summed E-state index contributed by atoms with van der Waals surface area (Å²) in [6.07, 6.45) is -5.82. The van der Waals surface area contributed by atoms with Crippen LogP contribution in [-0.4, -0.2) is 34.2 Å². The first-order valence-electron chi connectivity index (χ1n) is 2.38. The van der Waals surface area contributed by atoms with E-state index in [2.05, 4.69) is 14.7 Å². The van der Waals surface area contributed by atoms with Crippen LogP contribution in [0.5, 0.6) is 0 Å². The molecule has 13 heteroatoms. The fourth-order valence-corrected chi connectivity index (χ4v) is 0. The summed E-state index contributed by atoms with van der Waals surface area (Å²) in [6.45, 7) is 0. The van der Waals surface area contributed by atoms with Gasteiger partial charge >= 0.3 is 35.6 Å². The minimum absolute atomic E-state index is 0. The maximum atomic E-state index is 8.78. The van der Waals surface area contributed by atoms with Crippen LogP contribution in [-0.2, 0) is 14.7 Å². The number of rotatable bonds is 0. The molecule has 0 aromatic carbocycles. The Bertz CT molecular complexity index is 155. The third-order valence-electron chi connectivity index (χ3n) is 0.224. The molecule has 0 heterocycles. The minimum Gasteiger partial charge on any atom is -0.424 e. The predicted octanol–water partition coefficient (Wildman–Crippen LogP) is -3.54. The summed E-state index contributed by atoms with van der Waals surface area (Å²) >= 11 is 0. The summed E-state index contributed by atoms with van der Waals surface area (Å²) in [4.78, 5) is 34.0. The van der Waals surface area contributed by atoms with Crippen molar-refractivity contribution < 1.29 is 95.7 Å². The normalized spacial score (nSPS) is 6.19. The van der Waals surface area contributed by atoms with E-state index in [0.29, 0.717) is 0 Å². The molecule has 0 spiro atoms. The molecule has 0 fully saturated rings. The van der Waals surface area contributed by atoms with E-state index >= 15 is 0 Å². The van der Waals surface area contributed by atoms with E-state index < -0.39 is 18.5 Å². The van der Waals surface area contributed by atoms with Crippen molar-refractivity contribution in [2.75, 3.05) is 0 Å². The van der Waals surface area contributed by atoms with E-state index in [1.165, 1.54) is 0 Å². The molecule has 16 heavy (non-hydrogen) atoms. The van der Waals surface area contributed by atoms with Gasteiger partial charge in [0.25, 0.3) is 18.5 Å². The number of carbonyl (C=O) groups excluding carboxylic acids is 3. The molecule has 0 atom stereocenters. The third kappa shape index (κ3) is 76.3. The molecule has 0 amide bonds. The van der Waals surface area contributed by atoms with Crippen molar-refractivity contribution in [1.29, 1.82) is 0 Å². The number of hydrogen-bond donors (Lipinski definition) is 3. The Balaban J connectivity index is -0.0000000655. The van der Waals surface area contributed by atoms with Gasteiger partial charge in [-0.3, -0.25) is 15.8 Å². The summed E-state index contributed by atoms with van der Waals surface area (Å²) < 4.78 is 0. The molecule has 0 aliphatic rings. The van der Waals surface area contributed by atoms with Gasteiger partial charge in [0, 0.05) is 0 Å². The van der Waals surface area contributed by atoms with Gasteiger partial charge in [0.1, 0.15) is 0 Å². The van der Waals surface area contributed by atoms with Crippen LogP contribution < -0.4 is 15.3 Å². The first kappa shape index (κ1) is 24.2. The Morgan fingerprint density at radius 2 is 0.750 bits per heavy atom. The molecule has 0 aliphatic carbocycles. The monoisotopic (exact) mass is 370 g/mol. The molecule has 3 N–H and O–H groups in total. The van der Waals surface area contributed by atoms with Gasteiger partial charge in [-0.1, -0.05) is 0 Å². The molecule has 12 nitrogen and oxygen atoms in total. The molecule has 0 radical (unpaired) electrons. The van der Waals surface area contributed by atoms with Crippen LogP contribution in [0.2, 0.25) is 0 Å². The Kier molecular flexibility index (Phi) is 29.5. The van der Waals surface area contributed by atoms with Crippen molar-refractivity contribution in [2.45, 2.75) is 0 Å². The van der Waals surface area contributed by atoms with Crippen molar-refractivity contribution >= 4 is 18.5 Å². The van der Waals surface area contributed by atoms with Crippen molar-refractivity contribution in [2.24, 2.45) is 0 Å². The van der Waals surface area contributed by atoms with Gasteiger partial charge in [0.05, 0.1) is 0 Å². The SMILES string of the molecule is O=C([O-])OO.O=C([O-])OO.O=C([O-])OO.[La+3]. The van der Waals surface area contributed by atoms with Crippen LogP contribution >= 0.6 is 0 Å². The van der Waals surface area contributed by atoms with Crippen LogP contribution in [0.1, 0.15) is 0 Å². The molecule has 0 unspecified atom stereocenters. The Hall–Kier alpha value is -1.12. The molecule has 0 aromatic rings. The van der Waals surface area contributed by atoms with E-state index in [1.807, 2.05) is 0 Å². The zero-order chi connectivity index (χ0) is 12.9. The van der Waals surface area contributed by atoms with E-state index in [0.717, 1.165) is 0 Å². The Labute approximate surface area is 114 Å². The number of hydrogen-bond acceptors (Lipinski definition) is 12. The Morgan fingerprint density at radius 1 is 0.688 bits per heavy atom. The zero-order valence-corrected chi connectivity index (χ0v) is 10.7. The average molecular weight is 370 g/mol. The standard InChI is InChI=1S/3CH2O4.La/c3*2-1(3)5-4;/h3*4H,(H,2,3);/q;;;+3/p-3. The molecule has 0 bridgehead atoms. The summed E-state index contributed by atoms with van der Waals surface area (Å²) in [5, 5.41) is 47.3. The molecule has 0 saturated carbocycles. The van der Waals surface area contributed by atoms with Crippen LogP contribution in [0.15, 0.2) is 0 Å². The smallest absolute Gasteiger partial charge is 0.424 e. The van der Waals surface area contributed by atoms with E-state index in [4.69, 9.17) is 45.5 Å². The first-order valence-corrected chi connectivity index (χ1v) is 2.38. The summed E-state index contributed by atoms with van der Waals surface area (Å²) in [7, 11) is 0. The second-order valence-corrected chi connectivity index (χ2v) is 1.02. The quantitative estimate of drug-likeness (QED) is 0.215. The minimum atomic E-state index is -1.94. The second kappa shape index (κ2) is 19.5. The molecular weight excluding hydrogens is 367 g/mol.